The number of hydrogen-bond donors (Lipinski definition) is 0. The van der Waals surface area contributed by atoms with E-state index in [0.717, 1.165) is 6.42 Å². The Morgan fingerprint density at radius 2 is 2.00 bits per heavy atom. The molecule has 0 bridgehead atoms. The Bertz CT molecular complexity index is 234. The lowest BCUT2D eigenvalue weighted by Crippen LogP contribution is -2.26. The summed E-state index contributed by atoms with van der Waals surface area (Å²) in [6, 6.07) is 0. The van der Waals surface area contributed by atoms with Gasteiger partial charge < -0.3 is 0 Å². The van der Waals surface area contributed by atoms with Gasteiger partial charge in [0.05, 0.1) is 0 Å². The summed E-state index contributed by atoms with van der Waals surface area (Å²) in [6.07, 6.45) is 3.63. The molecule has 3 unspecified atom stereocenters. The Hall–Kier alpha value is -0.240. The topological polar surface area (TPSA) is 17.1 Å². The van der Waals surface area contributed by atoms with Crippen molar-refractivity contribution in [2.24, 2.45) is 11.8 Å². The Balaban J connectivity index is 2.55. The summed E-state index contributed by atoms with van der Waals surface area (Å²) in [6.45, 7) is 10.1. The molecule has 0 radical (unpaired) electrons. The normalized spacial score (nSPS) is 32.6. The number of carbonyl (C=O) groups excluding carboxylic acids is 1. The lowest BCUT2D eigenvalue weighted by Gasteiger charge is -2.33. The first-order valence-corrected chi connectivity index (χ1v) is 6.21. The van der Waals surface area contributed by atoms with Crippen molar-refractivity contribution in [1.29, 1.82) is 0 Å². The van der Waals surface area contributed by atoms with E-state index < -0.39 is 0 Å². The van der Waals surface area contributed by atoms with Crippen molar-refractivity contribution in [2.45, 2.75) is 45.3 Å². The fraction of sp³-hybridized carbons (Fsp3) is 0.750. The molecule has 0 heterocycles. The maximum atomic E-state index is 11.1. The third-order valence-electron chi connectivity index (χ3n) is 3.14. The Morgan fingerprint density at radius 3 is 2.50 bits per heavy atom. The number of carbonyl (C=O) groups is 1. The average molecular weight is 212 g/mol. The molecule has 1 fully saturated rings. The first kappa shape index (κ1) is 11.8. The van der Waals surface area contributed by atoms with E-state index in [0.29, 0.717) is 17.1 Å². The van der Waals surface area contributed by atoms with Crippen molar-refractivity contribution in [3.05, 3.63) is 12.2 Å². The summed E-state index contributed by atoms with van der Waals surface area (Å²) in [4.78, 5) is 11.1. The number of allylic oxidation sites excluding steroid dienone is 1. The van der Waals surface area contributed by atoms with Crippen LogP contribution in [0.4, 0.5) is 0 Å². The van der Waals surface area contributed by atoms with Gasteiger partial charge in [0, 0.05) is 12.2 Å². The molecule has 0 aromatic rings. The van der Waals surface area contributed by atoms with Crippen LogP contribution in [0.25, 0.3) is 0 Å². The molecule has 1 aliphatic rings. The maximum Gasteiger partial charge on any atom is 0.186 e. The van der Waals surface area contributed by atoms with Crippen molar-refractivity contribution in [3.63, 3.8) is 0 Å². The van der Waals surface area contributed by atoms with E-state index in [1.807, 2.05) is 0 Å². The fourth-order valence-corrected chi connectivity index (χ4v) is 3.23. The molecule has 0 aromatic heterocycles. The first-order valence-electron chi connectivity index (χ1n) is 5.33. The number of thioether (sulfide) groups is 1. The van der Waals surface area contributed by atoms with Crippen LogP contribution in [0, 0.1) is 11.8 Å². The van der Waals surface area contributed by atoms with Gasteiger partial charge in [-0.2, -0.15) is 0 Å². The molecule has 0 aliphatic heterocycles. The summed E-state index contributed by atoms with van der Waals surface area (Å²) >= 11 is 1.52. The highest BCUT2D eigenvalue weighted by Gasteiger charge is 2.29. The second-order valence-corrected chi connectivity index (χ2v) is 5.90. The van der Waals surface area contributed by atoms with Gasteiger partial charge in [0.1, 0.15) is 0 Å². The summed E-state index contributed by atoms with van der Waals surface area (Å²) in [5.41, 5.74) is 1.28. The van der Waals surface area contributed by atoms with Crippen LogP contribution in [-0.4, -0.2) is 10.4 Å². The monoisotopic (exact) mass is 212 g/mol. The van der Waals surface area contributed by atoms with Crippen molar-refractivity contribution in [1.82, 2.24) is 0 Å². The van der Waals surface area contributed by atoms with Gasteiger partial charge >= 0.3 is 0 Å². The van der Waals surface area contributed by atoms with Crippen LogP contribution in [-0.2, 0) is 4.79 Å². The minimum absolute atomic E-state index is 0.254. The molecule has 1 nitrogen and oxygen atoms in total. The number of hydrogen-bond acceptors (Lipinski definition) is 2. The molecule has 0 spiro atoms. The summed E-state index contributed by atoms with van der Waals surface area (Å²) in [5, 5.41) is 0.771. The van der Waals surface area contributed by atoms with E-state index >= 15 is 0 Å². The molecule has 1 saturated carbocycles. The Kier molecular flexibility index (Phi) is 4.24. The second kappa shape index (κ2) is 5.01. The second-order valence-electron chi connectivity index (χ2n) is 4.48. The van der Waals surface area contributed by atoms with E-state index in [1.54, 1.807) is 6.92 Å². The van der Waals surface area contributed by atoms with Crippen molar-refractivity contribution in [3.8, 4) is 0 Å². The zero-order chi connectivity index (χ0) is 10.7. The summed E-state index contributed by atoms with van der Waals surface area (Å²) in [7, 11) is 0. The molecular weight excluding hydrogens is 192 g/mol. The quantitative estimate of drug-likeness (QED) is 0.650. The lowest BCUT2D eigenvalue weighted by molar-refractivity contribution is -0.109. The zero-order valence-electron chi connectivity index (χ0n) is 9.38. The highest BCUT2D eigenvalue weighted by molar-refractivity contribution is 8.14. The van der Waals surface area contributed by atoms with Crippen LogP contribution in [0.2, 0.25) is 0 Å². The average Bonchev–Trinajstić information content (AvgIpc) is 2.07. The van der Waals surface area contributed by atoms with Crippen molar-refractivity contribution in [2.75, 3.05) is 0 Å². The molecule has 3 atom stereocenters. The third-order valence-corrected chi connectivity index (χ3v) is 4.43. The third kappa shape index (κ3) is 3.16. The van der Waals surface area contributed by atoms with Gasteiger partial charge in [-0.1, -0.05) is 30.8 Å². The van der Waals surface area contributed by atoms with Crippen LogP contribution in [0.1, 0.15) is 40.0 Å². The van der Waals surface area contributed by atoms with E-state index in [1.165, 1.54) is 30.2 Å². The van der Waals surface area contributed by atoms with Crippen LogP contribution >= 0.6 is 11.8 Å². The van der Waals surface area contributed by atoms with Gasteiger partial charge in [0.25, 0.3) is 0 Å². The van der Waals surface area contributed by atoms with Gasteiger partial charge in [-0.3, -0.25) is 4.79 Å². The smallest absolute Gasteiger partial charge is 0.186 e. The zero-order valence-corrected chi connectivity index (χ0v) is 10.2. The van der Waals surface area contributed by atoms with E-state index in [4.69, 9.17) is 0 Å². The highest BCUT2D eigenvalue weighted by Crippen LogP contribution is 2.38. The SMILES string of the molecule is C=C(C)C1CCC(C)C(SC(C)=O)C1. The largest absolute Gasteiger partial charge is 0.288 e. The van der Waals surface area contributed by atoms with E-state index in [-0.39, 0.29) is 5.12 Å². The summed E-state index contributed by atoms with van der Waals surface area (Å²) < 4.78 is 0. The first-order chi connectivity index (χ1) is 6.50. The predicted molar refractivity (Wildman–Crippen MR) is 63.4 cm³/mol. The van der Waals surface area contributed by atoms with Crippen LogP contribution in [0.5, 0.6) is 0 Å². The Labute approximate surface area is 91.3 Å². The molecule has 0 N–H and O–H groups in total. The van der Waals surface area contributed by atoms with Crippen molar-refractivity contribution >= 4 is 16.9 Å². The minimum Gasteiger partial charge on any atom is -0.288 e. The minimum atomic E-state index is 0.254. The number of rotatable bonds is 2. The molecular formula is C12H20OS. The van der Waals surface area contributed by atoms with Gasteiger partial charge in [-0.25, -0.2) is 0 Å². The molecule has 0 saturated heterocycles. The van der Waals surface area contributed by atoms with Crippen molar-refractivity contribution < 1.29 is 4.79 Å². The van der Waals surface area contributed by atoms with Crippen LogP contribution in [0.15, 0.2) is 12.2 Å². The van der Waals surface area contributed by atoms with Crippen LogP contribution in [0.3, 0.4) is 0 Å². The van der Waals surface area contributed by atoms with Gasteiger partial charge in [0.2, 0.25) is 0 Å². The predicted octanol–water partition coefficient (Wildman–Crippen LogP) is 3.65. The Morgan fingerprint density at radius 1 is 1.36 bits per heavy atom. The standard InChI is InChI=1S/C12H20OS/c1-8(2)11-6-5-9(3)12(7-11)14-10(4)13/h9,11-12H,1,5-7H2,2-4H3. The molecule has 0 aromatic carbocycles. The highest BCUT2D eigenvalue weighted by atomic mass is 32.2. The molecule has 1 aliphatic carbocycles. The summed E-state index contributed by atoms with van der Waals surface area (Å²) in [5.74, 6) is 1.32. The van der Waals surface area contributed by atoms with E-state index in [2.05, 4.69) is 20.4 Å². The van der Waals surface area contributed by atoms with Gasteiger partial charge in [-0.05, 0) is 38.0 Å². The fourth-order valence-electron chi connectivity index (χ4n) is 2.11. The van der Waals surface area contributed by atoms with E-state index in [9.17, 15) is 4.79 Å². The van der Waals surface area contributed by atoms with Crippen LogP contribution < -0.4 is 0 Å². The molecule has 0 amide bonds. The van der Waals surface area contributed by atoms with Gasteiger partial charge in [-0.15, -0.1) is 0 Å². The molecule has 2 heteroatoms. The molecule has 80 valence electrons. The molecule has 14 heavy (non-hydrogen) atoms. The maximum absolute atomic E-state index is 11.1. The molecule has 1 rings (SSSR count). The van der Waals surface area contributed by atoms with Gasteiger partial charge in [0.15, 0.2) is 5.12 Å². The lowest BCUT2D eigenvalue weighted by atomic mass is 9.79.